The maximum atomic E-state index is 13.0. The molecule has 4 rings (SSSR count). The Morgan fingerprint density at radius 1 is 0.886 bits per heavy atom. The summed E-state index contributed by atoms with van der Waals surface area (Å²) < 4.78 is 27.3. The van der Waals surface area contributed by atoms with Gasteiger partial charge in [0.25, 0.3) is 5.91 Å². The molecule has 8 heteroatoms. The summed E-state index contributed by atoms with van der Waals surface area (Å²) in [6, 6.07) is 23.3. The number of sulfonamides is 1. The molecule has 0 bridgehead atoms. The van der Waals surface area contributed by atoms with Gasteiger partial charge in [-0.3, -0.25) is 9.59 Å². The summed E-state index contributed by atoms with van der Waals surface area (Å²) in [5, 5.41) is 5.77. The summed E-state index contributed by atoms with van der Waals surface area (Å²) in [6.45, 7) is 2.84. The van der Waals surface area contributed by atoms with Gasteiger partial charge in [-0.15, -0.1) is 0 Å². The second-order valence-corrected chi connectivity index (χ2v) is 10.6. The summed E-state index contributed by atoms with van der Waals surface area (Å²) in [4.78, 5) is 26.0. The van der Waals surface area contributed by atoms with Gasteiger partial charge in [-0.25, -0.2) is 8.42 Å². The lowest BCUT2D eigenvalue weighted by Gasteiger charge is -2.30. The number of anilines is 1. The predicted molar refractivity (Wildman–Crippen MR) is 135 cm³/mol. The van der Waals surface area contributed by atoms with E-state index in [-0.39, 0.29) is 35.7 Å². The molecule has 0 aromatic heterocycles. The molecule has 35 heavy (non-hydrogen) atoms. The van der Waals surface area contributed by atoms with Crippen molar-refractivity contribution in [3.8, 4) is 0 Å². The summed E-state index contributed by atoms with van der Waals surface area (Å²) in [7, 11) is -3.59. The van der Waals surface area contributed by atoms with Crippen LogP contribution in [0.3, 0.4) is 0 Å². The lowest BCUT2D eigenvalue weighted by Crippen LogP contribution is -2.41. The number of rotatable bonds is 7. The van der Waals surface area contributed by atoms with Crippen molar-refractivity contribution in [2.75, 3.05) is 18.4 Å². The third-order valence-corrected chi connectivity index (χ3v) is 8.12. The van der Waals surface area contributed by atoms with Crippen LogP contribution in [-0.2, 0) is 21.4 Å². The number of piperidine rings is 1. The summed E-state index contributed by atoms with van der Waals surface area (Å²) >= 11 is 0. The smallest absolute Gasteiger partial charge is 0.253 e. The molecular formula is C27H29N3O4S. The number of aryl methyl sites for hydroxylation is 1. The van der Waals surface area contributed by atoms with Gasteiger partial charge in [-0.2, -0.15) is 4.31 Å². The molecule has 0 radical (unpaired) electrons. The van der Waals surface area contributed by atoms with E-state index in [1.807, 2.05) is 37.3 Å². The second-order valence-electron chi connectivity index (χ2n) is 8.69. The Kier molecular flexibility index (Phi) is 7.63. The Balaban J connectivity index is 1.36. The molecule has 0 saturated carbocycles. The van der Waals surface area contributed by atoms with E-state index in [9.17, 15) is 18.0 Å². The van der Waals surface area contributed by atoms with Crippen molar-refractivity contribution in [1.82, 2.24) is 9.62 Å². The van der Waals surface area contributed by atoms with E-state index >= 15 is 0 Å². The van der Waals surface area contributed by atoms with Crippen LogP contribution in [0.1, 0.15) is 34.3 Å². The summed E-state index contributed by atoms with van der Waals surface area (Å²) in [5.74, 6) is -0.815. The highest BCUT2D eigenvalue weighted by Crippen LogP contribution is 2.26. The molecule has 7 nitrogen and oxygen atoms in total. The number of benzene rings is 3. The number of hydrogen-bond acceptors (Lipinski definition) is 4. The molecule has 0 atom stereocenters. The fourth-order valence-electron chi connectivity index (χ4n) is 4.12. The molecule has 0 spiro atoms. The van der Waals surface area contributed by atoms with E-state index in [2.05, 4.69) is 10.6 Å². The fraction of sp³-hybridized carbons (Fsp3) is 0.259. The second kappa shape index (κ2) is 10.8. The van der Waals surface area contributed by atoms with Gasteiger partial charge in [0, 0.05) is 25.6 Å². The SMILES string of the molecule is Cc1ccc(S(=O)(=O)N2CCC(C(=O)Nc3ccccc3C(=O)NCc3ccccc3)CC2)cc1. The molecule has 1 aliphatic rings. The van der Waals surface area contributed by atoms with Gasteiger partial charge in [0.2, 0.25) is 15.9 Å². The first-order valence-electron chi connectivity index (χ1n) is 11.6. The number of amides is 2. The van der Waals surface area contributed by atoms with Crippen LogP contribution < -0.4 is 10.6 Å². The number of nitrogens with zero attached hydrogens (tertiary/aromatic N) is 1. The van der Waals surface area contributed by atoms with Crippen molar-refractivity contribution >= 4 is 27.5 Å². The maximum Gasteiger partial charge on any atom is 0.253 e. The minimum absolute atomic E-state index is 0.208. The molecule has 0 aliphatic carbocycles. The Morgan fingerprint density at radius 2 is 1.51 bits per heavy atom. The first kappa shape index (κ1) is 24.6. The summed E-state index contributed by atoms with van der Waals surface area (Å²) in [6.07, 6.45) is 0.832. The Labute approximate surface area is 206 Å². The Morgan fingerprint density at radius 3 is 2.20 bits per heavy atom. The van der Waals surface area contributed by atoms with E-state index in [0.29, 0.717) is 30.6 Å². The van der Waals surface area contributed by atoms with Crippen molar-refractivity contribution in [3.05, 3.63) is 95.6 Å². The largest absolute Gasteiger partial charge is 0.348 e. The Hall–Kier alpha value is -3.49. The first-order valence-corrected chi connectivity index (χ1v) is 13.1. The van der Waals surface area contributed by atoms with Crippen LogP contribution in [0.25, 0.3) is 0 Å². The molecule has 1 aliphatic heterocycles. The molecule has 1 heterocycles. The van der Waals surface area contributed by atoms with E-state index in [1.165, 1.54) is 4.31 Å². The molecule has 1 saturated heterocycles. The normalized spacial score (nSPS) is 14.9. The van der Waals surface area contributed by atoms with Crippen LogP contribution >= 0.6 is 0 Å². The number of hydrogen-bond donors (Lipinski definition) is 2. The van der Waals surface area contributed by atoms with E-state index < -0.39 is 10.0 Å². The number of carbonyl (C=O) groups excluding carboxylic acids is 2. The highest BCUT2D eigenvalue weighted by molar-refractivity contribution is 7.89. The van der Waals surface area contributed by atoms with Gasteiger partial charge in [0.1, 0.15) is 0 Å². The maximum absolute atomic E-state index is 13.0. The van der Waals surface area contributed by atoms with Crippen LogP contribution in [0.15, 0.2) is 83.8 Å². The van der Waals surface area contributed by atoms with Crippen molar-refractivity contribution < 1.29 is 18.0 Å². The van der Waals surface area contributed by atoms with Gasteiger partial charge in [-0.1, -0.05) is 60.2 Å². The zero-order valence-electron chi connectivity index (χ0n) is 19.6. The van der Waals surface area contributed by atoms with E-state index in [1.54, 1.807) is 48.5 Å². The fourth-order valence-corrected chi connectivity index (χ4v) is 5.59. The van der Waals surface area contributed by atoms with Gasteiger partial charge >= 0.3 is 0 Å². The van der Waals surface area contributed by atoms with Crippen LogP contribution in [0, 0.1) is 12.8 Å². The van der Waals surface area contributed by atoms with Gasteiger partial charge in [0.05, 0.1) is 16.1 Å². The molecule has 1 fully saturated rings. The van der Waals surface area contributed by atoms with Crippen molar-refractivity contribution in [1.29, 1.82) is 0 Å². The van der Waals surface area contributed by atoms with Crippen LogP contribution in [0.4, 0.5) is 5.69 Å². The Bertz CT molecular complexity index is 1280. The van der Waals surface area contributed by atoms with Crippen LogP contribution in [0.2, 0.25) is 0 Å². The highest BCUT2D eigenvalue weighted by atomic mass is 32.2. The lowest BCUT2D eigenvalue weighted by atomic mass is 9.97. The molecule has 2 amide bonds. The molecule has 3 aromatic rings. The highest BCUT2D eigenvalue weighted by Gasteiger charge is 2.32. The third kappa shape index (κ3) is 5.96. The topological polar surface area (TPSA) is 95.6 Å². The zero-order chi connectivity index (χ0) is 24.8. The quantitative estimate of drug-likeness (QED) is 0.523. The van der Waals surface area contributed by atoms with Gasteiger partial charge < -0.3 is 10.6 Å². The van der Waals surface area contributed by atoms with Gasteiger partial charge in [0.15, 0.2) is 0 Å². The summed E-state index contributed by atoms with van der Waals surface area (Å²) in [5.41, 5.74) is 2.80. The minimum Gasteiger partial charge on any atom is -0.348 e. The molecule has 2 N–H and O–H groups in total. The van der Waals surface area contributed by atoms with Crippen molar-refractivity contribution in [2.45, 2.75) is 31.2 Å². The van der Waals surface area contributed by atoms with E-state index in [4.69, 9.17) is 0 Å². The predicted octanol–water partition coefficient (Wildman–Crippen LogP) is 3.96. The molecule has 0 unspecified atom stereocenters. The van der Waals surface area contributed by atoms with Gasteiger partial charge in [-0.05, 0) is 49.6 Å². The van der Waals surface area contributed by atoms with Crippen LogP contribution in [-0.4, -0.2) is 37.6 Å². The minimum atomic E-state index is -3.59. The number of carbonyl (C=O) groups is 2. The van der Waals surface area contributed by atoms with Crippen molar-refractivity contribution in [2.24, 2.45) is 5.92 Å². The zero-order valence-corrected chi connectivity index (χ0v) is 20.4. The monoisotopic (exact) mass is 491 g/mol. The number of para-hydroxylation sites is 1. The first-order chi connectivity index (χ1) is 16.8. The molecule has 182 valence electrons. The average Bonchev–Trinajstić information content (AvgIpc) is 2.88. The van der Waals surface area contributed by atoms with Crippen LogP contribution in [0.5, 0.6) is 0 Å². The third-order valence-electron chi connectivity index (χ3n) is 6.21. The average molecular weight is 492 g/mol. The standard InChI is InChI=1S/C27H29N3O4S/c1-20-11-13-23(14-12-20)35(33,34)30-17-15-22(16-18-30)26(31)29-25-10-6-5-9-24(25)27(32)28-19-21-7-3-2-4-8-21/h2-14,22H,15-19H2,1H3,(H,28,32)(H,29,31). The molecular weight excluding hydrogens is 462 g/mol. The number of nitrogens with one attached hydrogen (secondary N) is 2. The van der Waals surface area contributed by atoms with E-state index in [0.717, 1.165) is 11.1 Å². The molecule has 3 aromatic carbocycles. The van der Waals surface area contributed by atoms with Crippen molar-refractivity contribution in [3.63, 3.8) is 0 Å². The lowest BCUT2D eigenvalue weighted by molar-refractivity contribution is -0.120.